The Balaban J connectivity index is 1.49. The summed E-state index contributed by atoms with van der Waals surface area (Å²) in [5.74, 6) is -1.31. The van der Waals surface area contributed by atoms with E-state index >= 15 is 0 Å². The van der Waals surface area contributed by atoms with E-state index in [9.17, 15) is 22.4 Å². The summed E-state index contributed by atoms with van der Waals surface area (Å²) < 4.78 is 61.3. The standard InChI is InChI=1S/C26H20F4N2O2S/c27-18-12-15(10-11-19(18)34-13-14-6-2-1-3-7-14)22(33)23-21(31)20-16-8-4-5-9-17(16)24(26(28,29)30)32-25(20)35-23/h1-3,6-7,10-12H,4-5,8-9,13,31H2. The van der Waals surface area contributed by atoms with E-state index in [1.807, 2.05) is 30.3 Å². The highest BCUT2D eigenvalue weighted by Gasteiger charge is 2.38. The molecule has 4 aromatic rings. The highest BCUT2D eigenvalue weighted by atomic mass is 32.1. The van der Waals surface area contributed by atoms with Crippen LogP contribution in [0.2, 0.25) is 0 Å². The van der Waals surface area contributed by atoms with Crippen molar-refractivity contribution in [3.8, 4) is 5.75 Å². The smallest absolute Gasteiger partial charge is 0.433 e. The molecule has 0 radical (unpaired) electrons. The number of hydrogen-bond acceptors (Lipinski definition) is 5. The van der Waals surface area contributed by atoms with Crippen LogP contribution in [0.5, 0.6) is 5.75 Å². The molecule has 0 saturated carbocycles. The van der Waals surface area contributed by atoms with Crippen molar-refractivity contribution < 1.29 is 27.1 Å². The molecule has 9 heteroatoms. The maximum Gasteiger partial charge on any atom is 0.433 e. The first-order valence-electron chi connectivity index (χ1n) is 11.1. The first-order valence-corrected chi connectivity index (χ1v) is 11.9. The molecule has 180 valence electrons. The molecular weight excluding hydrogens is 480 g/mol. The zero-order valence-corrected chi connectivity index (χ0v) is 19.2. The number of aryl methyl sites for hydroxylation is 1. The molecule has 2 aromatic heterocycles. The van der Waals surface area contributed by atoms with Gasteiger partial charge in [-0.05, 0) is 60.6 Å². The van der Waals surface area contributed by atoms with Crippen molar-refractivity contribution >= 4 is 33.0 Å². The lowest BCUT2D eigenvalue weighted by atomic mass is 9.88. The summed E-state index contributed by atoms with van der Waals surface area (Å²) in [5, 5.41) is 0.407. The van der Waals surface area contributed by atoms with Crippen LogP contribution in [0, 0.1) is 5.82 Å². The Morgan fingerprint density at radius 3 is 2.46 bits per heavy atom. The summed E-state index contributed by atoms with van der Waals surface area (Å²) in [5.41, 5.74) is 7.03. The topological polar surface area (TPSA) is 65.2 Å². The predicted molar refractivity (Wildman–Crippen MR) is 126 cm³/mol. The summed E-state index contributed by atoms with van der Waals surface area (Å²) in [6.45, 7) is 0.159. The van der Waals surface area contributed by atoms with Crippen molar-refractivity contribution in [2.45, 2.75) is 38.5 Å². The van der Waals surface area contributed by atoms with Gasteiger partial charge in [-0.25, -0.2) is 9.37 Å². The molecule has 0 aliphatic heterocycles. The molecule has 2 N–H and O–H groups in total. The van der Waals surface area contributed by atoms with Crippen molar-refractivity contribution in [2.75, 3.05) is 5.73 Å². The largest absolute Gasteiger partial charge is 0.486 e. The van der Waals surface area contributed by atoms with Crippen LogP contribution >= 0.6 is 11.3 Å². The Kier molecular flexibility index (Phi) is 5.96. The number of thiophene rings is 1. The van der Waals surface area contributed by atoms with E-state index in [2.05, 4.69) is 4.98 Å². The molecule has 0 fully saturated rings. The lowest BCUT2D eigenvalue weighted by molar-refractivity contribution is -0.141. The normalized spacial score (nSPS) is 13.6. The number of nitrogens with zero attached hydrogens (tertiary/aromatic N) is 1. The minimum absolute atomic E-state index is 0.0136. The molecule has 1 aliphatic rings. The van der Waals surface area contributed by atoms with Crippen LogP contribution in [0.15, 0.2) is 48.5 Å². The number of pyridine rings is 1. The summed E-state index contributed by atoms with van der Waals surface area (Å²) in [7, 11) is 0. The van der Waals surface area contributed by atoms with E-state index in [0.29, 0.717) is 23.8 Å². The van der Waals surface area contributed by atoms with Crippen molar-refractivity contribution in [3.63, 3.8) is 0 Å². The number of ether oxygens (including phenoxy) is 1. The molecular formula is C26H20F4N2O2S. The summed E-state index contributed by atoms with van der Waals surface area (Å²) in [6.07, 6.45) is -2.53. The second kappa shape index (κ2) is 8.96. The van der Waals surface area contributed by atoms with Gasteiger partial charge in [0.15, 0.2) is 11.6 Å². The van der Waals surface area contributed by atoms with Gasteiger partial charge in [-0.3, -0.25) is 4.79 Å². The van der Waals surface area contributed by atoms with Gasteiger partial charge in [0.25, 0.3) is 0 Å². The maximum absolute atomic E-state index is 14.7. The van der Waals surface area contributed by atoms with Gasteiger partial charge in [0.1, 0.15) is 22.0 Å². The molecule has 0 amide bonds. The number of halogens is 4. The molecule has 2 heterocycles. The number of aromatic nitrogens is 1. The lowest BCUT2D eigenvalue weighted by Crippen LogP contribution is -2.17. The second-order valence-electron chi connectivity index (χ2n) is 8.40. The van der Waals surface area contributed by atoms with Crippen molar-refractivity contribution in [3.05, 3.63) is 87.2 Å². The number of ketones is 1. The minimum atomic E-state index is -4.60. The molecule has 0 spiro atoms. The Morgan fingerprint density at radius 1 is 1.06 bits per heavy atom. The summed E-state index contributed by atoms with van der Waals surface area (Å²) in [4.78, 5) is 17.2. The van der Waals surface area contributed by atoms with Crippen molar-refractivity contribution in [1.29, 1.82) is 0 Å². The van der Waals surface area contributed by atoms with E-state index in [1.54, 1.807) is 0 Å². The molecule has 0 saturated heterocycles. The van der Waals surface area contributed by atoms with Crippen molar-refractivity contribution in [2.24, 2.45) is 0 Å². The Bertz CT molecular complexity index is 1430. The van der Waals surface area contributed by atoms with E-state index < -0.39 is 23.5 Å². The fourth-order valence-electron chi connectivity index (χ4n) is 4.44. The van der Waals surface area contributed by atoms with Crippen LogP contribution in [0.1, 0.15) is 50.5 Å². The third-order valence-corrected chi connectivity index (χ3v) is 7.20. The van der Waals surface area contributed by atoms with E-state index in [0.717, 1.165) is 29.4 Å². The molecule has 0 atom stereocenters. The molecule has 4 nitrogen and oxygen atoms in total. The SMILES string of the molecule is Nc1c(C(=O)c2ccc(OCc3ccccc3)c(F)c2)sc2nc(C(F)(F)F)c3c(c12)CCCC3. The van der Waals surface area contributed by atoms with Gasteiger partial charge in [0.2, 0.25) is 5.78 Å². The van der Waals surface area contributed by atoms with Gasteiger partial charge in [-0.1, -0.05) is 30.3 Å². The van der Waals surface area contributed by atoms with Gasteiger partial charge in [0, 0.05) is 10.9 Å². The van der Waals surface area contributed by atoms with Crippen LogP contribution in [0.3, 0.4) is 0 Å². The molecule has 2 aromatic carbocycles. The van der Waals surface area contributed by atoms with Crippen LogP contribution < -0.4 is 10.5 Å². The van der Waals surface area contributed by atoms with Crippen molar-refractivity contribution in [1.82, 2.24) is 4.98 Å². The van der Waals surface area contributed by atoms with E-state index in [-0.39, 0.29) is 45.3 Å². The molecule has 0 bridgehead atoms. The Hall–Kier alpha value is -3.46. The number of carbonyl (C=O) groups excluding carboxylic acids is 1. The van der Waals surface area contributed by atoms with E-state index in [4.69, 9.17) is 10.5 Å². The number of alkyl halides is 3. The quantitative estimate of drug-likeness (QED) is 0.244. The van der Waals surface area contributed by atoms with Crippen LogP contribution in [-0.2, 0) is 25.6 Å². The number of anilines is 1. The zero-order valence-electron chi connectivity index (χ0n) is 18.4. The highest BCUT2D eigenvalue weighted by molar-refractivity contribution is 7.21. The number of carbonyl (C=O) groups is 1. The first-order chi connectivity index (χ1) is 16.7. The molecule has 5 rings (SSSR count). The minimum Gasteiger partial charge on any atom is -0.486 e. The number of nitrogens with two attached hydrogens (primary N) is 1. The fraction of sp³-hybridized carbons (Fsp3) is 0.231. The monoisotopic (exact) mass is 500 g/mol. The summed E-state index contributed by atoms with van der Waals surface area (Å²) >= 11 is 0.808. The first kappa shape index (κ1) is 23.3. The Morgan fingerprint density at radius 2 is 1.77 bits per heavy atom. The average molecular weight is 501 g/mol. The third-order valence-electron chi connectivity index (χ3n) is 6.10. The van der Waals surface area contributed by atoms with Crippen LogP contribution in [0.4, 0.5) is 23.2 Å². The van der Waals surface area contributed by atoms with Gasteiger partial charge < -0.3 is 10.5 Å². The zero-order chi connectivity index (χ0) is 24.7. The number of hydrogen-bond donors (Lipinski definition) is 1. The average Bonchev–Trinajstić information content (AvgIpc) is 3.19. The number of rotatable bonds is 5. The van der Waals surface area contributed by atoms with Gasteiger partial charge >= 0.3 is 6.18 Å². The molecule has 1 aliphatic carbocycles. The molecule has 35 heavy (non-hydrogen) atoms. The third kappa shape index (κ3) is 4.36. The van der Waals surface area contributed by atoms with Gasteiger partial charge in [0.05, 0.1) is 5.69 Å². The Labute approximate surface area is 202 Å². The number of fused-ring (bicyclic) bond motifs is 3. The predicted octanol–water partition coefficient (Wildman–Crippen LogP) is 6.73. The second-order valence-corrected chi connectivity index (χ2v) is 9.40. The number of nitrogen functional groups attached to an aromatic ring is 1. The summed E-state index contributed by atoms with van der Waals surface area (Å²) in [6, 6.07) is 13.1. The lowest BCUT2D eigenvalue weighted by Gasteiger charge is -2.21. The highest BCUT2D eigenvalue weighted by Crippen LogP contribution is 2.44. The van der Waals surface area contributed by atoms with Crippen LogP contribution in [-0.4, -0.2) is 10.8 Å². The maximum atomic E-state index is 14.7. The van der Waals surface area contributed by atoms with E-state index in [1.165, 1.54) is 12.1 Å². The fourth-order valence-corrected chi connectivity index (χ4v) is 5.53. The van der Waals surface area contributed by atoms with Gasteiger partial charge in [-0.2, -0.15) is 13.2 Å². The van der Waals surface area contributed by atoms with Gasteiger partial charge in [-0.15, -0.1) is 11.3 Å². The number of benzene rings is 2. The van der Waals surface area contributed by atoms with Crippen LogP contribution in [0.25, 0.3) is 10.2 Å². The molecule has 0 unspecified atom stereocenters.